The molecule has 0 aliphatic rings. The van der Waals surface area contributed by atoms with Crippen LogP contribution in [0.15, 0.2) is 47.6 Å². The molecule has 2 N–H and O–H groups in total. The van der Waals surface area contributed by atoms with Crippen LogP contribution in [0.25, 0.3) is 5.65 Å². The second-order valence-electron chi connectivity index (χ2n) is 4.32. The first-order valence-electron chi connectivity index (χ1n) is 5.93. The van der Waals surface area contributed by atoms with Crippen molar-refractivity contribution >= 4 is 34.7 Å². The molecule has 0 aliphatic heterocycles. The molecule has 3 rings (SSSR count). The molecule has 20 heavy (non-hydrogen) atoms. The van der Waals surface area contributed by atoms with Gasteiger partial charge in [-0.25, -0.2) is 9.37 Å². The number of pyridine rings is 1. The minimum Gasteiger partial charge on any atom is -0.399 e. The summed E-state index contributed by atoms with van der Waals surface area (Å²) in [5.41, 5.74) is 7.64. The maximum absolute atomic E-state index is 13.7. The van der Waals surface area contributed by atoms with Gasteiger partial charge >= 0.3 is 0 Å². The second-order valence-corrected chi connectivity index (χ2v) is 5.78. The fraction of sp³-hybridized carbons (Fsp3) is 0.0714. The van der Waals surface area contributed by atoms with Gasteiger partial charge in [-0.15, -0.1) is 11.8 Å². The lowest BCUT2D eigenvalue weighted by atomic mass is 10.3. The summed E-state index contributed by atoms with van der Waals surface area (Å²) in [5.74, 6) is 0.280. The number of halogens is 2. The molecule has 102 valence electrons. The highest BCUT2D eigenvalue weighted by molar-refractivity contribution is 7.98. The van der Waals surface area contributed by atoms with E-state index < -0.39 is 0 Å². The number of hydrogen-bond acceptors (Lipinski definition) is 3. The van der Waals surface area contributed by atoms with E-state index in [1.165, 1.54) is 17.8 Å². The van der Waals surface area contributed by atoms with Gasteiger partial charge in [0, 0.05) is 28.7 Å². The smallest absolute Gasteiger partial charge is 0.138 e. The summed E-state index contributed by atoms with van der Waals surface area (Å²) in [4.78, 5) is 5.02. The number of benzene rings is 1. The number of fused-ring (bicyclic) bond motifs is 1. The average Bonchev–Trinajstić information content (AvgIpc) is 2.79. The van der Waals surface area contributed by atoms with E-state index >= 15 is 0 Å². The lowest BCUT2D eigenvalue weighted by Gasteiger charge is -2.02. The Morgan fingerprint density at radius 3 is 2.90 bits per heavy atom. The summed E-state index contributed by atoms with van der Waals surface area (Å²) >= 11 is 7.31. The number of nitrogens with zero attached hydrogens (tertiary/aromatic N) is 2. The highest BCUT2D eigenvalue weighted by Crippen LogP contribution is 2.26. The van der Waals surface area contributed by atoms with Crippen molar-refractivity contribution in [3.05, 3.63) is 59.3 Å². The van der Waals surface area contributed by atoms with Gasteiger partial charge in [-0.05, 0) is 30.3 Å². The standard InChI is InChI=1S/C14H11ClFN3S/c15-9-1-4-14-18-11(7-19(14)6-9)8-20-13-3-2-10(17)5-12(13)16/h1-7H,8,17H2. The zero-order valence-corrected chi connectivity index (χ0v) is 12.0. The Labute approximate surface area is 124 Å². The van der Waals surface area contributed by atoms with E-state index in [9.17, 15) is 4.39 Å². The molecule has 0 saturated carbocycles. The molecule has 1 aromatic carbocycles. The van der Waals surface area contributed by atoms with Crippen LogP contribution in [-0.4, -0.2) is 9.38 Å². The molecule has 0 amide bonds. The molecule has 2 heterocycles. The van der Waals surface area contributed by atoms with Gasteiger partial charge in [-0.1, -0.05) is 11.6 Å². The fourth-order valence-corrected chi connectivity index (χ4v) is 2.84. The lowest BCUT2D eigenvalue weighted by molar-refractivity contribution is 0.602. The summed E-state index contributed by atoms with van der Waals surface area (Å²) < 4.78 is 15.5. The van der Waals surface area contributed by atoms with Crippen LogP contribution in [0.3, 0.4) is 0 Å². The van der Waals surface area contributed by atoms with Crippen molar-refractivity contribution in [1.29, 1.82) is 0 Å². The second kappa shape index (κ2) is 5.34. The maximum Gasteiger partial charge on any atom is 0.138 e. The highest BCUT2D eigenvalue weighted by Gasteiger charge is 2.06. The van der Waals surface area contributed by atoms with Crippen molar-refractivity contribution in [2.24, 2.45) is 0 Å². The molecule has 0 aliphatic carbocycles. The molecule has 0 atom stereocenters. The Morgan fingerprint density at radius 1 is 1.25 bits per heavy atom. The zero-order valence-electron chi connectivity index (χ0n) is 10.4. The van der Waals surface area contributed by atoms with Crippen LogP contribution in [-0.2, 0) is 5.75 Å². The Kier molecular flexibility index (Phi) is 3.54. The van der Waals surface area contributed by atoms with Gasteiger partial charge in [-0.3, -0.25) is 0 Å². The Hall–Kier alpha value is -1.72. The number of aromatic nitrogens is 2. The predicted molar refractivity (Wildman–Crippen MR) is 80.6 cm³/mol. The minimum atomic E-state index is -0.304. The summed E-state index contributed by atoms with van der Waals surface area (Å²) in [6, 6.07) is 8.34. The third-order valence-electron chi connectivity index (χ3n) is 2.80. The number of nitrogens with two attached hydrogens (primary N) is 1. The molecule has 0 radical (unpaired) electrons. The predicted octanol–water partition coefficient (Wildman–Crippen LogP) is 4.00. The molecular formula is C14H11ClFN3S. The van der Waals surface area contributed by atoms with Gasteiger partial charge < -0.3 is 10.1 Å². The number of imidazole rings is 1. The minimum absolute atomic E-state index is 0.304. The topological polar surface area (TPSA) is 43.3 Å². The molecule has 0 bridgehead atoms. The fourth-order valence-electron chi connectivity index (χ4n) is 1.87. The normalized spacial score (nSPS) is 11.1. The number of anilines is 1. The van der Waals surface area contributed by atoms with E-state index in [1.807, 2.05) is 16.7 Å². The summed E-state index contributed by atoms with van der Waals surface area (Å²) in [6.45, 7) is 0. The van der Waals surface area contributed by atoms with Crippen LogP contribution >= 0.6 is 23.4 Å². The molecular weight excluding hydrogens is 297 g/mol. The van der Waals surface area contributed by atoms with Crippen LogP contribution in [0, 0.1) is 5.82 Å². The summed E-state index contributed by atoms with van der Waals surface area (Å²) in [5, 5.41) is 0.652. The van der Waals surface area contributed by atoms with Gasteiger partial charge in [0.05, 0.1) is 10.7 Å². The number of nitrogen functional groups attached to an aromatic ring is 1. The molecule has 0 unspecified atom stereocenters. The van der Waals surface area contributed by atoms with Gasteiger partial charge in [-0.2, -0.15) is 0 Å². The van der Waals surface area contributed by atoms with E-state index in [0.29, 0.717) is 21.4 Å². The van der Waals surface area contributed by atoms with E-state index in [-0.39, 0.29) is 5.82 Å². The van der Waals surface area contributed by atoms with Crippen molar-refractivity contribution in [3.63, 3.8) is 0 Å². The van der Waals surface area contributed by atoms with E-state index in [4.69, 9.17) is 17.3 Å². The number of hydrogen-bond donors (Lipinski definition) is 1. The summed E-state index contributed by atoms with van der Waals surface area (Å²) in [6.07, 6.45) is 3.69. The maximum atomic E-state index is 13.7. The van der Waals surface area contributed by atoms with Gasteiger partial charge in [0.15, 0.2) is 0 Å². The quantitative estimate of drug-likeness (QED) is 0.587. The third kappa shape index (κ3) is 2.73. The van der Waals surface area contributed by atoms with Crippen LogP contribution in [0.1, 0.15) is 5.69 Å². The molecule has 2 aromatic heterocycles. The average molecular weight is 308 g/mol. The van der Waals surface area contributed by atoms with Crippen molar-refractivity contribution < 1.29 is 4.39 Å². The largest absolute Gasteiger partial charge is 0.399 e. The SMILES string of the molecule is Nc1ccc(SCc2cn3cc(Cl)ccc3n2)c(F)c1. The monoisotopic (exact) mass is 307 g/mol. The first kappa shape index (κ1) is 13.3. The van der Waals surface area contributed by atoms with Gasteiger partial charge in [0.1, 0.15) is 11.5 Å². The van der Waals surface area contributed by atoms with Crippen molar-refractivity contribution in [2.75, 3.05) is 5.73 Å². The van der Waals surface area contributed by atoms with Crippen molar-refractivity contribution in [3.8, 4) is 0 Å². The molecule has 3 nitrogen and oxygen atoms in total. The Morgan fingerprint density at radius 2 is 2.10 bits per heavy atom. The van der Waals surface area contributed by atoms with Crippen LogP contribution < -0.4 is 5.73 Å². The number of rotatable bonds is 3. The molecule has 0 fully saturated rings. The zero-order chi connectivity index (χ0) is 14.1. The van der Waals surface area contributed by atoms with Crippen LogP contribution in [0.2, 0.25) is 5.02 Å². The third-order valence-corrected chi connectivity index (χ3v) is 4.10. The lowest BCUT2D eigenvalue weighted by Crippen LogP contribution is -1.88. The van der Waals surface area contributed by atoms with E-state index in [1.54, 1.807) is 24.4 Å². The molecule has 0 spiro atoms. The van der Waals surface area contributed by atoms with Crippen LogP contribution in [0.4, 0.5) is 10.1 Å². The Bertz CT molecular complexity index is 772. The molecule has 6 heteroatoms. The molecule has 3 aromatic rings. The van der Waals surface area contributed by atoms with Gasteiger partial charge in [0.2, 0.25) is 0 Å². The van der Waals surface area contributed by atoms with Gasteiger partial charge in [0.25, 0.3) is 0 Å². The first-order chi connectivity index (χ1) is 9.61. The van der Waals surface area contributed by atoms with E-state index in [0.717, 1.165) is 11.3 Å². The summed E-state index contributed by atoms with van der Waals surface area (Å²) in [7, 11) is 0. The Balaban J connectivity index is 1.79. The molecule has 0 saturated heterocycles. The number of thioether (sulfide) groups is 1. The van der Waals surface area contributed by atoms with E-state index in [2.05, 4.69) is 4.98 Å². The first-order valence-corrected chi connectivity index (χ1v) is 7.29. The van der Waals surface area contributed by atoms with Crippen molar-refractivity contribution in [1.82, 2.24) is 9.38 Å². The highest BCUT2D eigenvalue weighted by atomic mass is 35.5. The van der Waals surface area contributed by atoms with Crippen LogP contribution in [0.5, 0.6) is 0 Å². The van der Waals surface area contributed by atoms with Crippen molar-refractivity contribution in [2.45, 2.75) is 10.6 Å².